The summed E-state index contributed by atoms with van der Waals surface area (Å²) in [6, 6.07) is 35.5. The molecule has 0 atom stereocenters. The zero-order valence-electron chi connectivity index (χ0n) is 21.7. The zero-order chi connectivity index (χ0) is 24.5. The Kier molecular flexibility index (Phi) is 6.84. The van der Waals surface area contributed by atoms with E-state index in [0.29, 0.717) is 0 Å². The fraction of sp³-hybridized carbons (Fsp3) is 0.273. The quantitative estimate of drug-likeness (QED) is 0.264. The molecule has 0 nitrogen and oxygen atoms in total. The number of hydrogen-bond donors (Lipinski definition) is 0. The Labute approximate surface area is 207 Å². The Bertz CT molecular complexity index is 1240. The summed E-state index contributed by atoms with van der Waals surface area (Å²) in [7, 11) is -0.427. The van der Waals surface area contributed by atoms with Gasteiger partial charge in [-0.3, -0.25) is 0 Å². The lowest BCUT2D eigenvalue weighted by molar-refractivity contribution is 0.715. The summed E-state index contributed by atoms with van der Waals surface area (Å²) >= 11 is 0. The Morgan fingerprint density at radius 1 is 0.500 bits per heavy atom. The minimum atomic E-state index is -0.427. The van der Waals surface area contributed by atoms with Gasteiger partial charge in [0.25, 0.3) is 0 Å². The average molecular weight is 465 g/mol. The van der Waals surface area contributed by atoms with Crippen molar-refractivity contribution in [3.05, 3.63) is 103 Å². The van der Waals surface area contributed by atoms with Gasteiger partial charge in [0.2, 0.25) is 0 Å². The van der Waals surface area contributed by atoms with Crippen LogP contribution in [0.25, 0.3) is 33.4 Å². The van der Waals surface area contributed by atoms with Crippen molar-refractivity contribution in [2.24, 2.45) is 0 Å². The Morgan fingerprint density at radius 3 is 1.56 bits per heavy atom. The van der Waals surface area contributed by atoms with Crippen molar-refractivity contribution >= 4 is 13.2 Å². The largest absolute Gasteiger partial charge is 0.0636 e. The number of benzene rings is 4. The molecule has 0 N–H and O–H groups in total. The second-order valence-corrected chi connectivity index (χ2v) is 15.0. The third kappa shape index (κ3) is 5.03. The van der Waals surface area contributed by atoms with Crippen molar-refractivity contribution in [2.75, 3.05) is 0 Å². The van der Waals surface area contributed by atoms with E-state index < -0.39 is 7.92 Å². The highest BCUT2D eigenvalue weighted by atomic mass is 31.1. The molecule has 0 saturated carbocycles. The molecule has 174 valence electrons. The summed E-state index contributed by atoms with van der Waals surface area (Å²) in [5.41, 5.74) is 9.18. The van der Waals surface area contributed by atoms with Crippen LogP contribution in [0.4, 0.5) is 0 Å². The summed E-state index contributed by atoms with van der Waals surface area (Å²) in [5, 5.41) is 1.91. The van der Waals surface area contributed by atoms with Crippen LogP contribution < -0.4 is 5.30 Å². The van der Waals surface area contributed by atoms with Gasteiger partial charge in [-0.05, 0) is 67.6 Å². The molecule has 0 fully saturated rings. The first kappa shape index (κ1) is 24.4. The molecular formula is C33H37P. The predicted molar refractivity (Wildman–Crippen MR) is 154 cm³/mol. The third-order valence-electron chi connectivity index (χ3n) is 6.28. The molecule has 0 aliphatic rings. The second-order valence-electron chi connectivity index (χ2n) is 11.1. The molecule has 0 aromatic heterocycles. The molecule has 0 saturated heterocycles. The van der Waals surface area contributed by atoms with Crippen molar-refractivity contribution in [3.8, 4) is 33.4 Å². The molecule has 0 radical (unpaired) electrons. The summed E-state index contributed by atoms with van der Waals surface area (Å²) < 4.78 is 0. The zero-order valence-corrected chi connectivity index (χ0v) is 22.6. The molecular weight excluding hydrogens is 427 g/mol. The van der Waals surface area contributed by atoms with Crippen molar-refractivity contribution in [1.82, 2.24) is 0 Å². The molecule has 0 spiro atoms. The number of hydrogen-bond acceptors (Lipinski definition) is 0. The van der Waals surface area contributed by atoms with Gasteiger partial charge >= 0.3 is 0 Å². The topological polar surface area (TPSA) is 0 Å². The first-order valence-corrected chi connectivity index (χ1v) is 13.6. The highest BCUT2D eigenvalue weighted by Crippen LogP contribution is 2.59. The molecule has 0 unspecified atom stereocenters. The first-order chi connectivity index (χ1) is 16.1. The average Bonchev–Trinajstić information content (AvgIpc) is 2.78. The van der Waals surface area contributed by atoms with Crippen LogP contribution in [-0.2, 0) is 0 Å². The Balaban J connectivity index is 2.03. The monoisotopic (exact) mass is 464 g/mol. The van der Waals surface area contributed by atoms with Crippen molar-refractivity contribution in [2.45, 2.75) is 58.8 Å². The number of aryl methyl sites for hydroxylation is 1. The Morgan fingerprint density at radius 2 is 1.00 bits per heavy atom. The van der Waals surface area contributed by atoms with Gasteiger partial charge in [-0.15, -0.1) is 0 Å². The Hall–Kier alpha value is -2.69. The van der Waals surface area contributed by atoms with Crippen LogP contribution in [0, 0.1) is 6.92 Å². The summed E-state index contributed by atoms with van der Waals surface area (Å²) in [6.07, 6.45) is 0. The lowest BCUT2D eigenvalue weighted by atomic mass is 9.87. The number of rotatable bonds is 4. The van der Waals surface area contributed by atoms with Gasteiger partial charge in [0, 0.05) is 0 Å². The normalized spacial score (nSPS) is 12.2. The third-order valence-corrected chi connectivity index (χ3v) is 9.84. The van der Waals surface area contributed by atoms with Crippen LogP contribution in [0.5, 0.6) is 0 Å². The van der Waals surface area contributed by atoms with E-state index in [0.717, 1.165) is 0 Å². The van der Waals surface area contributed by atoms with E-state index in [4.69, 9.17) is 0 Å². The minimum absolute atomic E-state index is 0.203. The fourth-order valence-corrected chi connectivity index (χ4v) is 9.52. The van der Waals surface area contributed by atoms with Crippen molar-refractivity contribution < 1.29 is 0 Å². The van der Waals surface area contributed by atoms with Gasteiger partial charge in [-0.25, -0.2) is 0 Å². The van der Waals surface area contributed by atoms with Crippen molar-refractivity contribution in [3.63, 3.8) is 0 Å². The highest BCUT2D eigenvalue weighted by molar-refractivity contribution is 7.68. The van der Waals surface area contributed by atoms with Crippen LogP contribution >= 0.6 is 7.92 Å². The maximum atomic E-state index is 2.41. The molecule has 4 aromatic carbocycles. The lowest BCUT2D eigenvalue weighted by Crippen LogP contribution is -2.32. The molecule has 4 rings (SSSR count). The summed E-state index contributed by atoms with van der Waals surface area (Å²) in [4.78, 5) is 0. The minimum Gasteiger partial charge on any atom is -0.0636 e. The van der Waals surface area contributed by atoms with Gasteiger partial charge in [-0.2, -0.15) is 0 Å². The summed E-state index contributed by atoms with van der Waals surface area (Å²) in [6.45, 7) is 16.7. The van der Waals surface area contributed by atoms with Crippen LogP contribution in [-0.4, -0.2) is 10.3 Å². The molecule has 0 heterocycles. The van der Waals surface area contributed by atoms with Gasteiger partial charge in [0.1, 0.15) is 0 Å². The van der Waals surface area contributed by atoms with E-state index in [9.17, 15) is 0 Å². The molecule has 0 aliphatic heterocycles. The maximum absolute atomic E-state index is 2.41. The van der Waals surface area contributed by atoms with E-state index in [1.54, 1.807) is 0 Å². The highest BCUT2D eigenvalue weighted by Gasteiger charge is 2.37. The molecule has 0 aliphatic carbocycles. The maximum Gasteiger partial charge on any atom is -0.00693 e. The van der Waals surface area contributed by atoms with E-state index in [-0.39, 0.29) is 10.3 Å². The van der Waals surface area contributed by atoms with Crippen LogP contribution in [0.1, 0.15) is 47.1 Å². The SMILES string of the molecule is Cc1cc(-c2ccccc2)cc(-c2ccccc2)c1-c1ccccc1P(C(C)(C)C)C(C)(C)C. The molecule has 0 amide bonds. The van der Waals surface area contributed by atoms with Crippen LogP contribution in [0.15, 0.2) is 97.1 Å². The van der Waals surface area contributed by atoms with E-state index in [1.165, 1.54) is 44.2 Å². The van der Waals surface area contributed by atoms with E-state index in [1.807, 2.05) is 0 Å². The lowest BCUT2D eigenvalue weighted by Gasteiger charge is -2.43. The van der Waals surface area contributed by atoms with Gasteiger partial charge in [0.15, 0.2) is 0 Å². The predicted octanol–water partition coefficient (Wildman–Crippen LogP) is 9.70. The smallest absolute Gasteiger partial charge is 0.00693 e. The van der Waals surface area contributed by atoms with Gasteiger partial charge in [-0.1, -0.05) is 140 Å². The summed E-state index contributed by atoms with van der Waals surface area (Å²) in [5.74, 6) is 0. The standard InChI is InChI=1S/C33H37P/c1-24-22-27(25-16-10-8-11-17-25)23-29(26-18-12-9-13-19-26)31(24)28-20-14-15-21-30(28)34(32(2,3)4)33(5,6)7/h8-23H,1-7H3. The molecule has 1 heteroatoms. The van der Waals surface area contributed by atoms with E-state index >= 15 is 0 Å². The van der Waals surface area contributed by atoms with Gasteiger partial charge < -0.3 is 0 Å². The first-order valence-electron chi connectivity index (χ1n) is 12.2. The molecule has 34 heavy (non-hydrogen) atoms. The molecule has 0 bridgehead atoms. The second kappa shape index (κ2) is 9.52. The fourth-order valence-electron chi connectivity index (χ4n) is 5.40. The van der Waals surface area contributed by atoms with Crippen LogP contribution in [0.2, 0.25) is 0 Å². The van der Waals surface area contributed by atoms with Gasteiger partial charge in [0.05, 0.1) is 0 Å². The van der Waals surface area contributed by atoms with E-state index in [2.05, 4.69) is 146 Å². The van der Waals surface area contributed by atoms with Crippen LogP contribution in [0.3, 0.4) is 0 Å². The molecule has 4 aromatic rings. The van der Waals surface area contributed by atoms with Crippen molar-refractivity contribution in [1.29, 1.82) is 0 Å².